The molecule has 4 rings (SSSR count). The van der Waals surface area contributed by atoms with E-state index < -0.39 is 15.9 Å². The Balaban J connectivity index is 1.46. The van der Waals surface area contributed by atoms with E-state index >= 15 is 0 Å². The number of thioether (sulfide) groups is 1. The number of aromatic nitrogens is 2. The topological polar surface area (TPSA) is 81.5 Å². The van der Waals surface area contributed by atoms with Gasteiger partial charge in [0.25, 0.3) is 15.9 Å². The fourth-order valence-corrected chi connectivity index (χ4v) is 6.32. The SMILES string of the molecule is Cc1nc(SCCN2C(=O)c3ccccc3S2(=O)=O)n(CC2CCCO2)c1C. The highest BCUT2D eigenvalue weighted by Gasteiger charge is 2.40. The fraction of sp³-hybridized carbons (Fsp3) is 0.474. The number of aryl methyl sites for hydroxylation is 1. The van der Waals surface area contributed by atoms with Crippen molar-refractivity contribution in [1.82, 2.24) is 13.9 Å². The molecule has 0 radical (unpaired) electrons. The Morgan fingerprint density at radius 2 is 2.07 bits per heavy atom. The minimum Gasteiger partial charge on any atom is -0.376 e. The first-order chi connectivity index (χ1) is 13.4. The Morgan fingerprint density at radius 1 is 1.29 bits per heavy atom. The number of rotatable bonds is 6. The number of hydrogen-bond acceptors (Lipinski definition) is 6. The number of carbonyl (C=O) groups excluding carboxylic acids is 1. The van der Waals surface area contributed by atoms with Crippen LogP contribution in [0.3, 0.4) is 0 Å². The van der Waals surface area contributed by atoms with Crippen molar-refractivity contribution in [3.63, 3.8) is 0 Å². The minimum atomic E-state index is -3.76. The predicted octanol–water partition coefficient (Wildman–Crippen LogP) is 2.62. The van der Waals surface area contributed by atoms with Crippen molar-refractivity contribution in [2.24, 2.45) is 0 Å². The van der Waals surface area contributed by atoms with Gasteiger partial charge in [0.15, 0.2) is 5.16 Å². The quantitative estimate of drug-likeness (QED) is 0.667. The summed E-state index contributed by atoms with van der Waals surface area (Å²) in [5.41, 5.74) is 2.30. The molecule has 1 unspecified atom stereocenters. The molecule has 1 aromatic heterocycles. The Bertz CT molecular complexity index is 1010. The standard InChI is InChI=1S/C19H23N3O4S2/c1-13-14(2)21(12-15-6-5-10-26-15)19(20-13)27-11-9-22-18(23)16-7-3-4-8-17(16)28(22,24)25/h3-4,7-8,15H,5-6,9-12H2,1-2H3. The summed E-state index contributed by atoms with van der Waals surface area (Å²) in [4.78, 5) is 17.2. The van der Waals surface area contributed by atoms with E-state index in [9.17, 15) is 13.2 Å². The summed E-state index contributed by atoms with van der Waals surface area (Å²) in [7, 11) is -3.76. The van der Waals surface area contributed by atoms with Crippen LogP contribution in [-0.2, 0) is 21.3 Å². The zero-order valence-electron chi connectivity index (χ0n) is 15.9. The van der Waals surface area contributed by atoms with Crippen LogP contribution in [-0.4, -0.2) is 53.2 Å². The van der Waals surface area contributed by atoms with Crippen LogP contribution in [0.5, 0.6) is 0 Å². The number of fused-ring (bicyclic) bond motifs is 1. The lowest BCUT2D eigenvalue weighted by atomic mass is 10.2. The smallest absolute Gasteiger partial charge is 0.269 e. The van der Waals surface area contributed by atoms with Crippen LogP contribution in [0.2, 0.25) is 0 Å². The molecule has 0 spiro atoms. The van der Waals surface area contributed by atoms with Gasteiger partial charge in [-0.05, 0) is 38.8 Å². The molecule has 0 saturated carbocycles. The number of nitrogens with zero attached hydrogens (tertiary/aromatic N) is 3. The molecule has 1 aromatic carbocycles. The average molecular weight is 422 g/mol. The van der Waals surface area contributed by atoms with Crippen LogP contribution in [0.1, 0.15) is 34.6 Å². The van der Waals surface area contributed by atoms with E-state index in [2.05, 4.69) is 9.55 Å². The van der Waals surface area contributed by atoms with Crippen molar-refractivity contribution in [2.75, 3.05) is 18.9 Å². The van der Waals surface area contributed by atoms with Crippen molar-refractivity contribution < 1.29 is 17.9 Å². The van der Waals surface area contributed by atoms with Gasteiger partial charge in [0.1, 0.15) is 4.90 Å². The van der Waals surface area contributed by atoms with Crippen LogP contribution >= 0.6 is 11.8 Å². The highest BCUT2D eigenvalue weighted by molar-refractivity contribution is 7.99. The second-order valence-corrected chi connectivity index (χ2v) is 9.93. The number of sulfonamides is 1. The number of carbonyl (C=O) groups is 1. The average Bonchev–Trinajstić information content (AvgIpc) is 3.33. The van der Waals surface area contributed by atoms with Crippen molar-refractivity contribution >= 4 is 27.7 Å². The molecule has 3 heterocycles. The normalized spacial score (nSPS) is 20.7. The van der Waals surface area contributed by atoms with E-state index in [4.69, 9.17) is 4.74 Å². The molecular formula is C19H23N3O4S2. The van der Waals surface area contributed by atoms with Gasteiger partial charge in [-0.3, -0.25) is 4.79 Å². The summed E-state index contributed by atoms with van der Waals surface area (Å²) in [6.45, 7) is 5.67. The summed E-state index contributed by atoms with van der Waals surface area (Å²) >= 11 is 1.47. The molecule has 1 amide bonds. The maximum atomic E-state index is 12.7. The second-order valence-electron chi connectivity index (χ2n) is 7.04. The van der Waals surface area contributed by atoms with Gasteiger partial charge in [0.2, 0.25) is 0 Å². The summed E-state index contributed by atoms with van der Waals surface area (Å²) in [5.74, 6) is -0.00772. The third kappa shape index (κ3) is 3.35. The molecule has 7 nitrogen and oxygen atoms in total. The Labute approximate surface area is 169 Å². The van der Waals surface area contributed by atoms with Gasteiger partial charge >= 0.3 is 0 Å². The number of amides is 1. The van der Waals surface area contributed by atoms with E-state index in [1.807, 2.05) is 13.8 Å². The summed E-state index contributed by atoms with van der Waals surface area (Å²) in [5, 5.41) is 0.840. The molecule has 1 fully saturated rings. The zero-order chi connectivity index (χ0) is 19.9. The lowest BCUT2D eigenvalue weighted by Gasteiger charge is -2.16. The van der Waals surface area contributed by atoms with Gasteiger partial charge in [-0.2, -0.15) is 0 Å². The van der Waals surface area contributed by atoms with Crippen molar-refractivity contribution in [1.29, 1.82) is 0 Å². The lowest BCUT2D eigenvalue weighted by molar-refractivity contribution is 0.0876. The van der Waals surface area contributed by atoms with Crippen LogP contribution in [0.25, 0.3) is 0 Å². The maximum Gasteiger partial charge on any atom is 0.269 e. The number of imidazole rings is 1. The third-order valence-corrected chi connectivity index (χ3v) is 8.07. The van der Waals surface area contributed by atoms with Crippen molar-refractivity contribution in [3.8, 4) is 0 Å². The Morgan fingerprint density at radius 3 is 2.79 bits per heavy atom. The highest BCUT2D eigenvalue weighted by atomic mass is 32.2. The molecule has 0 aliphatic carbocycles. The van der Waals surface area contributed by atoms with Crippen LogP contribution in [0.4, 0.5) is 0 Å². The predicted molar refractivity (Wildman–Crippen MR) is 106 cm³/mol. The summed E-state index contributed by atoms with van der Waals surface area (Å²) < 4.78 is 34.2. The molecule has 0 bridgehead atoms. The summed E-state index contributed by atoms with van der Waals surface area (Å²) in [6.07, 6.45) is 2.32. The van der Waals surface area contributed by atoms with Gasteiger partial charge in [0.05, 0.1) is 23.9 Å². The van der Waals surface area contributed by atoms with E-state index in [0.29, 0.717) is 5.75 Å². The van der Waals surface area contributed by atoms with E-state index in [-0.39, 0.29) is 23.1 Å². The zero-order valence-corrected chi connectivity index (χ0v) is 17.6. The second kappa shape index (κ2) is 7.53. The minimum absolute atomic E-state index is 0.0940. The molecule has 2 aliphatic heterocycles. The lowest BCUT2D eigenvalue weighted by Crippen LogP contribution is -2.32. The first-order valence-corrected chi connectivity index (χ1v) is 11.8. The molecular weight excluding hydrogens is 398 g/mol. The molecule has 150 valence electrons. The first kappa shape index (κ1) is 19.5. The van der Waals surface area contributed by atoms with Crippen LogP contribution in [0.15, 0.2) is 34.3 Å². The molecule has 9 heteroatoms. The molecule has 1 saturated heterocycles. The van der Waals surface area contributed by atoms with E-state index in [1.165, 1.54) is 17.8 Å². The molecule has 28 heavy (non-hydrogen) atoms. The van der Waals surface area contributed by atoms with Gasteiger partial charge in [-0.25, -0.2) is 17.7 Å². The maximum absolute atomic E-state index is 12.7. The number of ether oxygens (including phenoxy) is 1. The molecule has 1 atom stereocenters. The largest absolute Gasteiger partial charge is 0.376 e. The third-order valence-electron chi connectivity index (χ3n) is 5.27. The molecule has 0 N–H and O–H groups in total. The summed E-state index contributed by atoms with van der Waals surface area (Å²) in [6, 6.07) is 6.35. The monoisotopic (exact) mass is 421 g/mol. The van der Waals surface area contributed by atoms with Gasteiger partial charge in [-0.1, -0.05) is 23.9 Å². The fourth-order valence-electron chi connectivity index (χ4n) is 3.61. The van der Waals surface area contributed by atoms with E-state index in [1.54, 1.807) is 18.2 Å². The van der Waals surface area contributed by atoms with Gasteiger partial charge < -0.3 is 9.30 Å². The van der Waals surface area contributed by atoms with Crippen LogP contribution < -0.4 is 0 Å². The van der Waals surface area contributed by atoms with Crippen LogP contribution in [0, 0.1) is 13.8 Å². The van der Waals surface area contributed by atoms with Gasteiger partial charge in [0, 0.05) is 24.6 Å². The van der Waals surface area contributed by atoms with E-state index in [0.717, 1.165) is 46.8 Å². The highest BCUT2D eigenvalue weighted by Crippen LogP contribution is 2.31. The number of hydrogen-bond donors (Lipinski definition) is 0. The first-order valence-electron chi connectivity index (χ1n) is 9.34. The van der Waals surface area contributed by atoms with Crippen molar-refractivity contribution in [2.45, 2.75) is 49.4 Å². The van der Waals surface area contributed by atoms with Gasteiger partial charge in [-0.15, -0.1) is 0 Å². The number of benzene rings is 1. The Kier molecular flexibility index (Phi) is 5.24. The molecule has 2 aromatic rings. The van der Waals surface area contributed by atoms with Crippen molar-refractivity contribution in [3.05, 3.63) is 41.2 Å². The Hall–Kier alpha value is -1.84. The molecule has 2 aliphatic rings.